The normalized spacial score (nSPS) is 20.2. The quantitative estimate of drug-likeness (QED) is 0.101. The Labute approximate surface area is 383 Å². The predicted octanol–water partition coefficient (Wildman–Crippen LogP) is 8.11. The van der Waals surface area contributed by atoms with Crippen LogP contribution < -0.4 is 25.6 Å². The number of nitriles is 1. The molecule has 2 fully saturated rings. The third-order valence-electron chi connectivity index (χ3n) is 13.3. The maximum Gasteiger partial charge on any atom is 0.254 e. The van der Waals surface area contributed by atoms with E-state index in [4.69, 9.17) is 26.2 Å². The number of amides is 2. The zero-order chi connectivity index (χ0) is 45.6. The van der Waals surface area contributed by atoms with Crippen LogP contribution in [0.3, 0.4) is 0 Å². The molecule has 0 bridgehead atoms. The van der Waals surface area contributed by atoms with Gasteiger partial charge in [0.1, 0.15) is 23.6 Å². The number of piperidine rings is 1. The molecule has 16 heteroatoms. The van der Waals surface area contributed by atoms with Gasteiger partial charge in [0.05, 0.1) is 52.4 Å². The summed E-state index contributed by atoms with van der Waals surface area (Å²) < 4.78 is 16.5. The summed E-state index contributed by atoms with van der Waals surface area (Å²) in [7, 11) is 1.90. The number of halogens is 1. The minimum Gasteiger partial charge on any atom is -0.489 e. The summed E-state index contributed by atoms with van der Waals surface area (Å²) in [6.07, 6.45) is 9.10. The molecule has 5 heterocycles. The fourth-order valence-electron chi connectivity index (χ4n) is 10.2. The second kappa shape index (κ2) is 17.5. The summed E-state index contributed by atoms with van der Waals surface area (Å²) in [5, 5.41) is 29.9. The van der Waals surface area contributed by atoms with Crippen LogP contribution in [-0.4, -0.2) is 85.8 Å². The monoisotopic (exact) mass is 895 g/mol. The summed E-state index contributed by atoms with van der Waals surface area (Å²) in [5.74, 6) is 1.36. The van der Waals surface area contributed by atoms with Crippen LogP contribution in [0.1, 0.15) is 69.8 Å². The van der Waals surface area contributed by atoms with Crippen molar-refractivity contribution in [3.8, 4) is 34.2 Å². The standard InChI is InChI=1S/C49H54ClN11O4/c1-29-20-41(62)56-39-9-7-8-36(43(39)55-29)31-11-13-40-37(21-31)42(34-26-54-59(6)27-34)58-61(40)18-19-64-28-30-14-16-60(17-15-30)47-52-24-33(25-53-47)44(63)57-45-48(2,3)46(49(45,4)5)65-35-12-10-32(23-51)38(50)22-35/h7-13,21-22,24-27,29-30,45-46,55H,14-20,28H2,1-6H3,(H,56,62)(H,57,63)/t29-,45?,46?/m1/s1. The molecular formula is C49H54ClN11O4. The largest absolute Gasteiger partial charge is 0.489 e. The predicted molar refractivity (Wildman–Crippen MR) is 251 cm³/mol. The molecule has 15 nitrogen and oxygen atoms in total. The number of anilines is 3. The van der Waals surface area contributed by atoms with E-state index in [2.05, 4.69) is 93.9 Å². The first-order valence-corrected chi connectivity index (χ1v) is 22.6. The van der Waals surface area contributed by atoms with Crippen molar-refractivity contribution < 1.29 is 19.1 Å². The fraction of sp³-hybridized carbons (Fsp3) is 0.408. The second-order valence-electron chi connectivity index (χ2n) is 18.8. The smallest absolute Gasteiger partial charge is 0.254 e. The van der Waals surface area contributed by atoms with Crippen LogP contribution in [0, 0.1) is 28.1 Å². The molecule has 0 radical (unpaired) electrons. The van der Waals surface area contributed by atoms with Gasteiger partial charge in [0, 0.05) is 97.2 Å². The molecule has 6 aromatic rings. The lowest BCUT2D eigenvalue weighted by Gasteiger charge is -2.63. The van der Waals surface area contributed by atoms with E-state index in [1.54, 1.807) is 35.3 Å². The zero-order valence-electron chi connectivity index (χ0n) is 37.6. The molecule has 0 unspecified atom stereocenters. The summed E-state index contributed by atoms with van der Waals surface area (Å²) in [6, 6.07) is 19.4. The molecule has 2 amide bonds. The van der Waals surface area contributed by atoms with Gasteiger partial charge in [0.15, 0.2) is 0 Å². The number of benzene rings is 3. The van der Waals surface area contributed by atoms with E-state index in [1.807, 2.05) is 43.2 Å². The lowest BCUT2D eigenvalue weighted by molar-refractivity contribution is -0.164. The average molecular weight is 896 g/mol. The number of ether oxygens (including phenoxy) is 2. The van der Waals surface area contributed by atoms with E-state index < -0.39 is 0 Å². The van der Waals surface area contributed by atoms with Gasteiger partial charge in [-0.3, -0.25) is 19.0 Å². The molecule has 3 aromatic carbocycles. The van der Waals surface area contributed by atoms with E-state index in [1.165, 1.54) is 0 Å². The number of rotatable bonds is 12. The van der Waals surface area contributed by atoms with Crippen LogP contribution in [0.2, 0.25) is 5.02 Å². The van der Waals surface area contributed by atoms with Gasteiger partial charge in [-0.15, -0.1) is 0 Å². The highest BCUT2D eigenvalue weighted by molar-refractivity contribution is 6.31. The first kappa shape index (κ1) is 43.7. The van der Waals surface area contributed by atoms with Gasteiger partial charge < -0.3 is 30.3 Å². The highest BCUT2D eigenvalue weighted by atomic mass is 35.5. The number of carbonyl (C=O) groups is 2. The number of fused-ring (bicyclic) bond motifs is 2. The Kier molecular flexibility index (Phi) is 11.8. The van der Waals surface area contributed by atoms with E-state index in [9.17, 15) is 14.9 Å². The molecule has 3 aliphatic rings. The van der Waals surface area contributed by atoms with Crippen molar-refractivity contribution in [1.82, 2.24) is 34.8 Å². The molecule has 9 rings (SSSR count). The Balaban J connectivity index is 0.782. The Hall–Kier alpha value is -6.50. The number of carbonyl (C=O) groups excluding carboxylic acids is 2. The molecule has 65 heavy (non-hydrogen) atoms. The molecule has 1 saturated carbocycles. The molecule has 336 valence electrons. The van der Waals surface area contributed by atoms with Crippen LogP contribution in [-0.2, 0) is 23.1 Å². The van der Waals surface area contributed by atoms with Crippen LogP contribution in [0.25, 0.3) is 33.3 Å². The molecule has 0 spiro atoms. The molecule has 1 aliphatic carbocycles. The van der Waals surface area contributed by atoms with Crippen molar-refractivity contribution in [2.75, 3.05) is 41.8 Å². The third-order valence-corrected chi connectivity index (χ3v) is 13.6. The van der Waals surface area contributed by atoms with Gasteiger partial charge in [-0.25, -0.2) is 9.97 Å². The van der Waals surface area contributed by atoms with Gasteiger partial charge in [0.25, 0.3) is 5.91 Å². The topological polar surface area (TPSA) is 177 Å². The van der Waals surface area contributed by atoms with E-state index >= 15 is 0 Å². The molecule has 3 N–H and O–H groups in total. The Bertz CT molecular complexity index is 2790. The fourth-order valence-corrected chi connectivity index (χ4v) is 10.4. The second-order valence-corrected chi connectivity index (χ2v) is 19.2. The van der Waals surface area contributed by atoms with Gasteiger partial charge in [-0.05, 0) is 61.6 Å². The lowest BCUT2D eigenvalue weighted by Crippen LogP contribution is -2.74. The summed E-state index contributed by atoms with van der Waals surface area (Å²) in [5.41, 5.74) is 6.54. The maximum absolute atomic E-state index is 13.5. The van der Waals surface area contributed by atoms with Crippen molar-refractivity contribution in [2.45, 2.75) is 78.6 Å². The van der Waals surface area contributed by atoms with Crippen molar-refractivity contribution in [2.24, 2.45) is 23.8 Å². The number of aryl methyl sites for hydroxylation is 1. The highest BCUT2D eigenvalue weighted by Gasteiger charge is 2.64. The molecule has 1 saturated heterocycles. The Morgan fingerprint density at radius 3 is 2.49 bits per heavy atom. The Morgan fingerprint density at radius 1 is 1.02 bits per heavy atom. The van der Waals surface area contributed by atoms with E-state index in [0.717, 1.165) is 70.6 Å². The minimum absolute atomic E-state index is 0.000547. The highest BCUT2D eigenvalue weighted by Crippen LogP contribution is 2.55. The molecule has 3 aromatic heterocycles. The van der Waals surface area contributed by atoms with Gasteiger partial charge in [-0.1, -0.05) is 57.5 Å². The van der Waals surface area contributed by atoms with Crippen molar-refractivity contribution in [3.05, 3.63) is 95.5 Å². The maximum atomic E-state index is 13.5. The molecular weight excluding hydrogens is 842 g/mol. The first-order valence-electron chi connectivity index (χ1n) is 22.2. The van der Waals surface area contributed by atoms with E-state index in [-0.39, 0.29) is 40.8 Å². The van der Waals surface area contributed by atoms with Crippen molar-refractivity contribution in [3.63, 3.8) is 0 Å². The number of hydrogen-bond acceptors (Lipinski definition) is 11. The number of nitrogens with zero attached hydrogens (tertiary/aromatic N) is 8. The van der Waals surface area contributed by atoms with Crippen LogP contribution >= 0.6 is 11.6 Å². The van der Waals surface area contributed by atoms with Gasteiger partial charge in [-0.2, -0.15) is 15.5 Å². The molecule has 2 aliphatic heterocycles. The van der Waals surface area contributed by atoms with E-state index in [0.29, 0.717) is 59.9 Å². The summed E-state index contributed by atoms with van der Waals surface area (Å²) in [6.45, 7) is 13.7. The van der Waals surface area contributed by atoms with Crippen molar-refractivity contribution >= 4 is 51.6 Å². The number of hydrogen-bond donors (Lipinski definition) is 3. The average Bonchev–Trinajstić information content (AvgIpc) is 3.84. The van der Waals surface area contributed by atoms with Crippen LogP contribution in [0.4, 0.5) is 17.3 Å². The number of para-hydroxylation sites is 1. The number of aromatic nitrogens is 6. The van der Waals surface area contributed by atoms with Crippen LogP contribution in [0.5, 0.6) is 5.75 Å². The summed E-state index contributed by atoms with van der Waals surface area (Å²) in [4.78, 5) is 37.3. The summed E-state index contributed by atoms with van der Waals surface area (Å²) >= 11 is 6.26. The van der Waals surface area contributed by atoms with Crippen LogP contribution in [0.15, 0.2) is 79.4 Å². The number of nitrogens with one attached hydrogen (secondary N) is 3. The van der Waals surface area contributed by atoms with Crippen molar-refractivity contribution in [1.29, 1.82) is 5.26 Å². The minimum atomic E-state index is -0.389. The third kappa shape index (κ3) is 8.60. The lowest BCUT2D eigenvalue weighted by atomic mass is 9.49. The zero-order valence-corrected chi connectivity index (χ0v) is 38.3. The van der Waals surface area contributed by atoms with Gasteiger partial charge in [0.2, 0.25) is 11.9 Å². The van der Waals surface area contributed by atoms with Gasteiger partial charge >= 0.3 is 0 Å². The SMILES string of the molecule is C[C@@H]1CC(=O)Nc2cccc(-c3ccc4c(c3)c(-c3cnn(C)c3)nn4CCOCC3CCN(c4ncc(C(=O)NC5C(C)(C)C(Oc6ccc(C#N)c(Cl)c6)C5(C)C)cn4)CC3)c2N1. The molecule has 1 atom stereocenters. The first-order chi connectivity index (χ1) is 31.2. The Morgan fingerprint density at radius 2 is 1.78 bits per heavy atom.